The zero-order chi connectivity index (χ0) is 13.7. The second-order valence-electron chi connectivity index (χ2n) is 7.43. The highest BCUT2D eigenvalue weighted by Gasteiger charge is 2.46. The van der Waals surface area contributed by atoms with Gasteiger partial charge < -0.3 is 9.80 Å². The lowest BCUT2D eigenvalue weighted by atomic mass is 9.98. The zero-order valence-electron chi connectivity index (χ0n) is 12.6. The van der Waals surface area contributed by atoms with Gasteiger partial charge in [-0.1, -0.05) is 6.42 Å². The van der Waals surface area contributed by atoms with Crippen molar-refractivity contribution in [2.24, 2.45) is 5.92 Å². The van der Waals surface area contributed by atoms with Crippen LogP contribution in [0.1, 0.15) is 38.5 Å². The average molecular weight is 277 g/mol. The number of likely N-dealkylation sites (N-methyl/N-ethyl adjacent to an activating group) is 1. The van der Waals surface area contributed by atoms with Crippen LogP contribution >= 0.6 is 0 Å². The molecule has 20 heavy (non-hydrogen) atoms. The predicted molar refractivity (Wildman–Crippen MR) is 78.5 cm³/mol. The highest BCUT2D eigenvalue weighted by Crippen LogP contribution is 2.36. The van der Waals surface area contributed by atoms with Gasteiger partial charge in [-0.05, 0) is 45.7 Å². The molecule has 0 saturated carbocycles. The SMILES string of the molecule is CN1CC2CCC(C1)N2C(=O)C1CC2CCCCN2C1. The number of amides is 1. The quantitative estimate of drug-likeness (QED) is 0.720. The van der Waals surface area contributed by atoms with Crippen LogP contribution in [0.5, 0.6) is 0 Å². The van der Waals surface area contributed by atoms with Crippen LogP contribution in [0.15, 0.2) is 0 Å². The van der Waals surface area contributed by atoms with Gasteiger partial charge in [-0.25, -0.2) is 0 Å². The molecular weight excluding hydrogens is 250 g/mol. The largest absolute Gasteiger partial charge is 0.334 e. The van der Waals surface area contributed by atoms with E-state index in [1.807, 2.05) is 0 Å². The molecule has 4 aliphatic heterocycles. The third kappa shape index (κ3) is 2.08. The summed E-state index contributed by atoms with van der Waals surface area (Å²) < 4.78 is 0. The lowest BCUT2D eigenvalue weighted by Crippen LogP contribution is -2.56. The lowest BCUT2D eigenvalue weighted by Gasteiger charge is -2.40. The summed E-state index contributed by atoms with van der Waals surface area (Å²) in [6, 6.07) is 1.72. The topological polar surface area (TPSA) is 26.8 Å². The van der Waals surface area contributed by atoms with Gasteiger partial charge in [-0.2, -0.15) is 0 Å². The van der Waals surface area contributed by atoms with Crippen LogP contribution < -0.4 is 0 Å². The molecule has 0 spiro atoms. The number of hydrogen-bond donors (Lipinski definition) is 0. The lowest BCUT2D eigenvalue weighted by molar-refractivity contribution is -0.140. The monoisotopic (exact) mass is 277 g/mol. The van der Waals surface area contributed by atoms with Gasteiger partial charge in [-0.15, -0.1) is 0 Å². The highest BCUT2D eigenvalue weighted by molar-refractivity contribution is 5.80. The van der Waals surface area contributed by atoms with Crippen LogP contribution in [0, 0.1) is 5.92 Å². The molecule has 4 nitrogen and oxygen atoms in total. The molecule has 4 saturated heterocycles. The van der Waals surface area contributed by atoms with Crippen LogP contribution in [0.25, 0.3) is 0 Å². The molecule has 112 valence electrons. The number of carbonyl (C=O) groups is 1. The number of carbonyl (C=O) groups excluding carboxylic acids is 1. The van der Waals surface area contributed by atoms with Gasteiger partial charge in [0.1, 0.15) is 0 Å². The summed E-state index contributed by atoms with van der Waals surface area (Å²) >= 11 is 0. The first-order valence-electron chi connectivity index (χ1n) is 8.47. The van der Waals surface area contributed by atoms with Crippen molar-refractivity contribution in [3.63, 3.8) is 0 Å². The van der Waals surface area contributed by atoms with Crippen molar-refractivity contribution in [2.75, 3.05) is 33.2 Å². The second-order valence-corrected chi connectivity index (χ2v) is 7.43. The Kier molecular flexibility index (Phi) is 3.26. The molecule has 4 heterocycles. The van der Waals surface area contributed by atoms with Gasteiger partial charge in [-0.3, -0.25) is 9.69 Å². The van der Waals surface area contributed by atoms with E-state index in [2.05, 4.69) is 21.7 Å². The molecule has 4 rings (SSSR count). The van der Waals surface area contributed by atoms with Crippen LogP contribution in [0.3, 0.4) is 0 Å². The first-order chi connectivity index (χ1) is 9.72. The van der Waals surface area contributed by atoms with E-state index in [1.54, 1.807) is 0 Å². The molecular formula is C16H27N3O. The Balaban J connectivity index is 1.46. The van der Waals surface area contributed by atoms with E-state index in [9.17, 15) is 4.79 Å². The average Bonchev–Trinajstić information content (AvgIpc) is 2.98. The minimum atomic E-state index is 0.296. The fourth-order valence-electron chi connectivity index (χ4n) is 5.12. The fraction of sp³-hybridized carbons (Fsp3) is 0.938. The summed E-state index contributed by atoms with van der Waals surface area (Å²) in [6.07, 6.45) is 7.59. The molecule has 4 fully saturated rings. The minimum absolute atomic E-state index is 0.296. The summed E-state index contributed by atoms with van der Waals surface area (Å²) in [7, 11) is 2.20. The summed E-state index contributed by atoms with van der Waals surface area (Å²) in [5.74, 6) is 0.782. The summed E-state index contributed by atoms with van der Waals surface area (Å²) in [4.78, 5) is 20.3. The number of fused-ring (bicyclic) bond motifs is 3. The Labute approximate surface area is 122 Å². The number of hydrogen-bond acceptors (Lipinski definition) is 3. The molecule has 0 N–H and O–H groups in total. The Morgan fingerprint density at radius 2 is 1.70 bits per heavy atom. The van der Waals surface area contributed by atoms with E-state index in [1.165, 1.54) is 38.6 Å². The summed E-state index contributed by atoms with van der Waals surface area (Å²) in [5, 5.41) is 0. The highest BCUT2D eigenvalue weighted by atomic mass is 16.2. The van der Waals surface area contributed by atoms with Crippen molar-refractivity contribution in [1.29, 1.82) is 0 Å². The molecule has 0 radical (unpaired) electrons. The third-order valence-corrected chi connectivity index (χ3v) is 6.03. The second kappa shape index (κ2) is 4.99. The van der Waals surface area contributed by atoms with Gasteiger partial charge in [0.15, 0.2) is 0 Å². The van der Waals surface area contributed by atoms with Crippen molar-refractivity contribution in [1.82, 2.24) is 14.7 Å². The summed E-state index contributed by atoms with van der Waals surface area (Å²) in [5.41, 5.74) is 0. The zero-order valence-corrected chi connectivity index (χ0v) is 12.6. The van der Waals surface area contributed by atoms with Crippen molar-refractivity contribution in [2.45, 2.75) is 56.7 Å². The first-order valence-corrected chi connectivity index (χ1v) is 8.47. The van der Waals surface area contributed by atoms with Crippen molar-refractivity contribution in [3.8, 4) is 0 Å². The van der Waals surface area contributed by atoms with Crippen LogP contribution in [0.2, 0.25) is 0 Å². The Bertz CT molecular complexity index is 371. The molecule has 4 aliphatic rings. The maximum Gasteiger partial charge on any atom is 0.227 e. The van der Waals surface area contributed by atoms with Crippen molar-refractivity contribution < 1.29 is 4.79 Å². The predicted octanol–water partition coefficient (Wildman–Crippen LogP) is 1.17. The van der Waals surface area contributed by atoms with E-state index in [4.69, 9.17) is 0 Å². The van der Waals surface area contributed by atoms with Crippen molar-refractivity contribution in [3.05, 3.63) is 0 Å². The van der Waals surface area contributed by atoms with Gasteiger partial charge in [0.2, 0.25) is 5.91 Å². The normalized spacial score (nSPS) is 42.0. The Hall–Kier alpha value is -0.610. The van der Waals surface area contributed by atoms with E-state index in [0.717, 1.165) is 26.1 Å². The molecule has 0 aromatic heterocycles. The van der Waals surface area contributed by atoms with E-state index < -0.39 is 0 Å². The van der Waals surface area contributed by atoms with Crippen LogP contribution in [-0.2, 0) is 4.79 Å². The molecule has 0 aromatic carbocycles. The van der Waals surface area contributed by atoms with Crippen LogP contribution in [0.4, 0.5) is 0 Å². The maximum atomic E-state index is 13.0. The molecule has 1 amide bonds. The summed E-state index contributed by atoms with van der Waals surface area (Å²) in [6.45, 7) is 4.43. The Morgan fingerprint density at radius 3 is 2.40 bits per heavy atom. The van der Waals surface area contributed by atoms with E-state index in [-0.39, 0.29) is 0 Å². The third-order valence-electron chi connectivity index (χ3n) is 6.03. The number of nitrogens with zero attached hydrogens (tertiary/aromatic N) is 3. The molecule has 0 aromatic rings. The number of piperidine rings is 1. The van der Waals surface area contributed by atoms with Gasteiger partial charge in [0, 0.05) is 37.8 Å². The van der Waals surface area contributed by atoms with E-state index in [0.29, 0.717) is 30.0 Å². The molecule has 4 unspecified atom stereocenters. The molecule has 4 heteroatoms. The van der Waals surface area contributed by atoms with Gasteiger partial charge in [0.25, 0.3) is 0 Å². The smallest absolute Gasteiger partial charge is 0.227 e. The molecule has 4 atom stereocenters. The van der Waals surface area contributed by atoms with Crippen molar-refractivity contribution >= 4 is 5.91 Å². The molecule has 0 aliphatic carbocycles. The number of piperazine rings is 1. The minimum Gasteiger partial charge on any atom is -0.334 e. The first kappa shape index (κ1) is 13.1. The van der Waals surface area contributed by atoms with Gasteiger partial charge >= 0.3 is 0 Å². The number of rotatable bonds is 1. The van der Waals surface area contributed by atoms with Crippen LogP contribution in [-0.4, -0.2) is 72.0 Å². The number of likely N-dealkylation sites (tertiary alicyclic amines) is 1. The van der Waals surface area contributed by atoms with Gasteiger partial charge in [0.05, 0.1) is 5.92 Å². The fourth-order valence-corrected chi connectivity index (χ4v) is 5.12. The standard InChI is InChI=1S/C16H27N3O/c1-17-10-14-5-6-15(11-17)19(14)16(20)12-8-13-4-2-3-7-18(13)9-12/h12-15H,2-11H2,1H3. The maximum absolute atomic E-state index is 13.0. The molecule has 2 bridgehead atoms. The Morgan fingerprint density at radius 1 is 0.950 bits per heavy atom. The van der Waals surface area contributed by atoms with E-state index >= 15 is 0 Å².